The molecule has 0 bridgehead atoms. The maximum Gasteiger partial charge on any atom is 0.289 e. The first-order valence-electron chi connectivity index (χ1n) is 10.7. The molecule has 2 aliphatic heterocycles. The van der Waals surface area contributed by atoms with Crippen LogP contribution >= 0.6 is 0 Å². The molecule has 2 aliphatic rings. The first-order valence-corrected chi connectivity index (χ1v) is 10.7. The van der Waals surface area contributed by atoms with E-state index in [1.165, 1.54) is 11.2 Å². The van der Waals surface area contributed by atoms with Gasteiger partial charge in [0.25, 0.3) is 5.91 Å². The molecule has 0 atom stereocenters. The van der Waals surface area contributed by atoms with E-state index in [4.69, 9.17) is 0 Å². The number of aromatic nitrogens is 4. The highest BCUT2D eigenvalue weighted by Crippen LogP contribution is 2.37. The van der Waals surface area contributed by atoms with Gasteiger partial charge in [0.05, 0.1) is 6.67 Å². The fourth-order valence-electron chi connectivity index (χ4n) is 4.73. The van der Waals surface area contributed by atoms with Crippen molar-refractivity contribution in [2.24, 2.45) is 7.05 Å². The normalized spacial score (nSPS) is 17.8. The zero-order valence-corrected chi connectivity index (χ0v) is 18.4. The molecule has 166 valence electrons. The number of carbonyl (C=O) groups excluding carboxylic acids is 2. The lowest BCUT2D eigenvalue weighted by Gasteiger charge is -2.43. The van der Waals surface area contributed by atoms with Gasteiger partial charge in [0.2, 0.25) is 11.7 Å². The molecule has 2 amide bonds. The molecule has 4 heterocycles. The number of piperidine rings is 1. The van der Waals surface area contributed by atoms with E-state index < -0.39 is 5.54 Å². The quantitative estimate of drug-likeness (QED) is 0.656. The van der Waals surface area contributed by atoms with Crippen LogP contribution in [0.1, 0.15) is 23.5 Å². The van der Waals surface area contributed by atoms with Crippen LogP contribution in [0.4, 0.5) is 11.5 Å². The molecule has 32 heavy (non-hydrogen) atoms. The Balaban J connectivity index is 1.45. The second kappa shape index (κ2) is 7.47. The number of para-hydroxylation sites is 1. The Labute approximate surface area is 185 Å². The van der Waals surface area contributed by atoms with Gasteiger partial charge in [0.15, 0.2) is 17.0 Å². The summed E-state index contributed by atoms with van der Waals surface area (Å²) >= 11 is 0. The molecule has 0 radical (unpaired) electrons. The van der Waals surface area contributed by atoms with Gasteiger partial charge in [-0.15, -0.1) is 0 Å². The summed E-state index contributed by atoms with van der Waals surface area (Å²) < 4.78 is 1.70. The van der Waals surface area contributed by atoms with Crippen molar-refractivity contribution in [2.45, 2.75) is 18.4 Å². The number of anilines is 2. The first-order chi connectivity index (χ1) is 15.4. The summed E-state index contributed by atoms with van der Waals surface area (Å²) in [5, 5.41) is 3.03. The Kier molecular flexibility index (Phi) is 4.72. The molecule has 3 aromatic rings. The van der Waals surface area contributed by atoms with E-state index >= 15 is 0 Å². The number of aryl methyl sites for hydroxylation is 1. The van der Waals surface area contributed by atoms with E-state index in [1.54, 1.807) is 25.7 Å². The molecule has 2 fully saturated rings. The standard InChI is InChI=1S/C22H26N8O2/c1-27(2)20(31)19-26-16-17(28(19)3)23-13-24-18(16)29-11-9-22(10-12-29)21(32)25-14-30(22)15-7-5-4-6-8-15/h4-8,13H,9-12,14H2,1-3H3,(H,25,32). The Hall–Kier alpha value is -3.69. The van der Waals surface area contributed by atoms with Gasteiger partial charge in [-0.05, 0) is 25.0 Å². The fraction of sp³-hybridized carbons (Fsp3) is 0.409. The first kappa shape index (κ1) is 20.2. The minimum atomic E-state index is -0.569. The number of benzene rings is 1. The summed E-state index contributed by atoms with van der Waals surface area (Å²) in [6.45, 7) is 1.81. The average Bonchev–Trinajstić information content (AvgIpc) is 3.31. The van der Waals surface area contributed by atoms with Crippen molar-refractivity contribution in [1.29, 1.82) is 0 Å². The highest BCUT2D eigenvalue weighted by Gasteiger charge is 2.50. The summed E-state index contributed by atoms with van der Waals surface area (Å²) in [5.74, 6) is 0.911. The molecule has 5 rings (SSSR count). The van der Waals surface area contributed by atoms with Crippen LogP contribution in [0.2, 0.25) is 0 Å². The number of hydrogen-bond donors (Lipinski definition) is 1. The summed E-state index contributed by atoms with van der Waals surface area (Å²) in [7, 11) is 5.18. The van der Waals surface area contributed by atoms with Gasteiger partial charge in [0.1, 0.15) is 11.9 Å². The van der Waals surface area contributed by atoms with Crippen molar-refractivity contribution >= 4 is 34.5 Å². The van der Waals surface area contributed by atoms with E-state index in [-0.39, 0.29) is 11.8 Å². The van der Waals surface area contributed by atoms with Crippen molar-refractivity contribution in [3.63, 3.8) is 0 Å². The van der Waals surface area contributed by atoms with Crippen molar-refractivity contribution in [3.05, 3.63) is 42.5 Å². The lowest BCUT2D eigenvalue weighted by Crippen LogP contribution is -2.56. The molecule has 2 aromatic heterocycles. The molecule has 10 nitrogen and oxygen atoms in total. The summed E-state index contributed by atoms with van der Waals surface area (Å²) in [6.07, 6.45) is 2.83. The number of hydrogen-bond acceptors (Lipinski definition) is 7. The van der Waals surface area contributed by atoms with Crippen molar-refractivity contribution in [3.8, 4) is 0 Å². The maximum absolute atomic E-state index is 12.9. The number of carbonyl (C=O) groups is 2. The van der Waals surface area contributed by atoms with E-state index in [0.29, 0.717) is 55.4 Å². The predicted molar refractivity (Wildman–Crippen MR) is 120 cm³/mol. The second-order valence-electron chi connectivity index (χ2n) is 8.51. The van der Waals surface area contributed by atoms with Gasteiger partial charge in [-0.1, -0.05) is 18.2 Å². The van der Waals surface area contributed by atoms with Crippen LogP contribution in [0.25, 0.3) is 11.2 Å². The third-order valence-corrected chi connectivity index (χ3v) is 6.53. The van der Waals surface area contributed by atoms with Crippen LogP contribution in [0.15, 0.2) is 36.7 Å². The lowest BCUT2D eigenvalue weighted by atomic mass is 9.85. The number of rotatable bonds is 3. The molecule has 0 saturated carbocycles. The van der Waals surface area contributed by atoms with Crippen LogP contribution < -0.4 is 15.1 Å². The largest absolute Gasteiger partial charge is 0.354 e. The van der Waals surface area contributed by atoms with Crippen LogP contribution in [0.5, 0.6) is 0 Å². The molecular weight excluding hydrogens is 408 g/mol. The Morgan fingerprint density at radius 1 is 1.12 bits per heavy atom. The van der Waals surface area contributed by atoms with Gasteiger partial charge in [-0.2, -0.15) is 0 Å². The zero-order valence-electron chi connectivity index (χ0n) is 18.4. The van der Waals surface area contributed by atoms with E-state index in [0.717, 1.165) is 5.69 Å². The van der Waals surface area contributed by atoms with E-state index in [9.17, 15) is 9.59 Å². The molecule has 1 N–H and O–H groups in total. The second-order valence-corrected chi connectivity index (χ2v) is 8.51. The Morgan fingerprint density at radius 3 is 2.53 bits per heavy atom. The van der Waals surface area contributed by atoms with E-state index in [1.807, 2.05) is 30.3 Å². The maximum atomic E-state index is 12.9. The molecule has 1 spiro atoms. The molecule has 0 aliphatic carbocycles. The average molecular weight is 435 g/mol. The van der Waals surface area contributed by atoms with Gasteiger partial charge in [-0.3, -0.25) is 9.59 Å². The molecule has 2 saturated heterocycles. The summed E-state index contributed by atoms with van der Waals surface area (Å²) in [4.78, 5) is 44.7. The topological polar surface area (TPSA) is 99.5 Å². The molecular formula is C22H26N8O2. The highest BCUT2D eigenvalue weighted by atomic mass is 16.2. The molecule has 1 aromatic carbocycles. The third-order valence-electron chi connectivity index (χ3n) is 6.53. The number of nitrogens with one attached hydrogen (secondary N) is 1. The van der Waals surface area contributed by atoms with Crippen LogP contribution in [0.3, 0.4) is 0 Å². The van der Waals surface area contributed by atoms with Gasteiger partial charge in [-0.25, -0.2) is 15.0 Å². The number of amides is 2. The van der Waals surface area contributed by atoms with E-state index in [2.05, 4.69) is 30.1 Å². The van der Waals surface area contributed by atoms with Crippen molar-refractivity contribution < 1.29 is 9.59 Å². The summed E-state index contributed by atoms with van der Waals surface area (Å²) in [5.41, 5.74) is 1.69. The van der Waals surface area contributed by atoms with Gasteiger partial charge < -0.3 is 24.6 Å². The number of nitrogens with zero attached hydrogens (tertiary/aromatic N) is 7. The highest BCUT2D eigenvalue weighted by molar-refractivity contribution is 5.96. The van der Waals surface area contributed by atoms with Gasteiger partial charge in [0, 0.05) is 39.9 Å². The van der Waals surface area contributed by atoms with Crippen LogP contribution in [-0.4, -0.2) is 75.6 Å². The lowest BCUT2D eigenvalue weighted by molar-refractivity contribution is -0.124. The van der Waals surface area contributed by atoms with Crippen LogP contribution in [0, 0.1) is 0 Å². The van der Waals surface area contributed by atoms with Crippen LogP contribution in [-0.2, 0) is 11.8 Å². The van der Waals surface area contributed by atoms with Crippen molar-refractivity contribution in [1.82, 2.24) is 29.7 Å². The number of fused-ring (bicyclic) bond motifs is 1. The van der Waals surface area contributed by atoms with Gasteiger partial charge >= 0.3 is 0 Å². The Morgan fingerprint density at radius 2 is 1.84 bits per heavy atom. The fourth-order valence-corrected chi connectivity index (χ4v) is 4.73. The minimum Gasteiger partial charge on any atom is -0.354 e. The SMILES string of the molecule is CN(C)C(=O)c1nc2c(N3CCC4(CC3)C(=O)NCN4c3ccccc3)ncnc2n1C. The van der Waals surface area contributed by atoms with Crippen molar-refractivity contribution in [2.75, 3.05) is 43.7 Å². The predicted octanol–water partition coefficient (Wildman–Crippen LogP) is 0.998. The zero-order chi connectivity index (χ0) is 22.5. The Bertz CT molecular complexity index is 1180. The summed E-state index contributed by atoms with van der Waals surface area (Å²) in [6, 6.07) is 10.0. The molecule has 10 heteroatoms. The smallest absolute Gasteiger partial charge is 0.289 e. The molecule has 0 unspecified atom stereocenters. The minimum absolute atomic E-state index is 0.0746. The monoisotopic (exact) mass is 434 g/mol. The third kappa shape index (κ3) is 2.97. The number of imidazole rings is 1.